The molecule has 4 heterocycles. The summed E-state index contributed by atoms with van der Waals surface area (Å²) in [5.41, 5.74) is 3.38. The van der Waals surface area contributed by atoms with Gasteiger partial charge < -0.3 is 34.6 Å². The monoisotopic (exact) mass is 504 g/mol. The molecule has 0 unspecified atom stereocenters. The lowest BCUT2D eigenvalue weighted by atomic mass is 10.1. The van der Waals surface area contributed by atoms with Crippen LogP contribution in [0.4, 0.5) is 11.6 Å². The average Bonchev–Trinajstić information content (AvgIpc) is 3.38. The van der Waals surface area contributed by atoms with Crippen molar-refractivity contribution in [3.63, 3.8) is 0 Å². The first-order valence-corrected chi connectivity index (χ1v) is 11.9. The van der Waals surface area contributed by atoms with Gasteiger partial charge in [-0.25, -0.2) is 0 Å². The second-order valence-corrected chi connectivity index (χ2v) is 8.44. The number of H-pyrrole nitrogens is 1. The molecule has 5 rings (SSSR count). The predicted octanol–water partition coefficient (Wildman–Crippen LogP) is 3.70. The first kappa shape index (κ1) is 24.3. The molecule has 11 nitrogen and oxygen atoms in total. The second kappa shape index (κ2) is 10.7. The maximum atomic E-state index is 12.0. The number of ether oxygens (including phenoxy) is 4. The van der Waals surface area contributed by atoms with Crippen LogP contribution in [0.25, 0.3) is 22.2 Å². The number of anilines is 2. The number of fused-ring (bicyclic) bond motifs is 1. The van der Waals surface area contributed by atoms with Crippen molar-refractivity contribution < 1.29 is 23.7 Å². The van der Waals surface area contributed by atoms with Gasteiger partial charge in [-0.15, -0.1) is 0 Å². The lowest BCUT2D eigenvalue weighted by Crippen LogP contribution is -2.26. The molecule has 0 bridgehead atoms. The zero-order chi connectivity index (χ0) is 25.8. The van der Waals surface area contributed by atoms with Gasteiger partial charge in [0.25, 0.3) is 5.91 Å². The number of carbonyl (C=O) groups is 1. The van der Waals surface area contributed by atoms with E-state index in [1.165, 1.54) is 7.11 Å². The van der Waals surface area contributed by atoms with Gasteiger partial charge in [0.2, 0.25) is 11.8 Å². The van der Waals surface area contributed by atoms with Crippen molar-refractivity contribution in [1.29, 1.82) is 0 Å². The summed E-state index contributed by atoms with van der Waals surface area (Å²) >= 11 is 0. The molecular formula is C26H28N6O5. The number of nitrogens with one attached hydrogen (secondary N) is 3. The highest BCUT2D eigenvalue weighted by Crippen LogP contribution is 2.37. The molecule has 1 amide bonds. The smallest absolute Gasteiger partial charge is 0.251 e. The van der Waals surface area contributed by atoms with E-state index in [-0.39, 0.29) is 12.0 Å². The fraction of sp³-hybridized carbons (Fsp3) is 0.308. The van der Waals surface area contributed by atoms with Crippen molar-refractivity contribution in [1.82, 2.24) is 25.3 Å². The number of amides is 1. The number of rotatable bonds is 8. The molecule has 4 aromatic rings. The topological polar surface area (TPSA) is 133 Å². The van der Waals surface area contributed by atoms with E-state index >= 15 is 0 Å². The van der Waals surface area contributed by atoms with E-state index < -0.39 is 0 Å². The van der Waals surface area contributed by atoms with Crippen LogP contribution >= 0.6 is 0 Å². The van der Waals surface area contributed by atoms with Crippen LogP contribution in [-0.4, -0.2) is 66.4 Å². The van der Waals surface area contributed by atoms with Crippen LogP contribution < -0.4 is 24.8 Å². The molecule has 3 N–H and O–H groups in total. The quantitative estimate of drug-likeness (QED) is 0.328. The Balaban J connectivity index is 1.56. The minimum atomic E-state index is -0.208. The van der Waals surface area contributed by atoms with Crippen LogP contribution in [0.5, 0.6) is 17.4 Å². The molecule has 11 heteroatoms. The SMILES string of the molecule is CNC(=O)c1ccc(Nc2nc(OC3CCOCC3)c3c(-c4cncc(OC)c4)c[nH]c3n2)c(OC)c1. The lowest BCUT2D eigenvalue weighted by Gasteiger charge is -2.23. The molecule has 0 aliphatic carbocycles. The van der Waals surface area contributed by atoms with E-state index in [9.17, 15) is 4.79 Å². The van der Waals surface area contributed by atoms with Crippen molar-refractivity contribution >= 4 is 28.6 Å². The zero-order valence-corrected chi connectivity index (χ0v) is 20.8. The van der Waals surface area contributed by atoms with E-state index in [1.807, 2.05) is 12.3 Å². The largest absolute Gasteiger partial charge is 0.495 e. The zero-order valence-electron chi connectivity index (χ0n) is 20.8. The highest BCUT2D eigenvalue weighted by molar-refractivity contribution is 5.98. The van der Waals surface area contributed by atoms with E-state index in [0.29, 0.717) is 53.4 Å². The van der Waals surface area contributed by atoms with Gasteiger partial charge in [-0.2, -0.15) is 9.97 Å². The first-order chi connectivity index (χ1) is 18.1. The van der Waals surface area contributed by atoms with Crippen LogP contribution in [0, 0.1) is 0 Å². The third-order valence-electron chi connectivity index (χ3n) is 6.14. The fourth-order valence-corrected chi connectivity index (χ4v) is 4.20. The van der Waals surface area contributed by atoms with Gasteiger partial charge in [0.15, 0.2) is 0 Å². The summed E-state index contributed by atoms with van der Waals surface area (Å²) in [6.07, 6.45) is 6.77. The van der Waals surface area contributed by atoms with Crippen LogP contribution in [0.2, 0.25) is 0 Å². The Hall–Kier alpha value is -4.38. The van der Waals surface area contributed by atoms with E-state index in [2.05, 4.69) is 20.6 Å². The summed E-state index contributed by atoms with van der Waals surface area (Å²) < 4.78 is 22.8. The number of hydrogen-bond acceptors (Lipinski definition) is 9. The normalized spacial score (nSPS) is 13.8. The third kappa shape index (κ3) is 5.12. The number of pyridine rings is 1. The molecule has 192 valence electrons. The molecule has 0 saturated carbocycles. The molecule has 1 aromatic carbocycles. The number of nitrogens with zero attached hydrogens (tertiary/aromatic N) is 3. The van der Waals surface area contributed by atoms with Crippen molar-refractivity contribution in [3.8, 4) is 28.5 Å². The highest BCUT2D eigenvalue weighted by Gasteiger charge is 2.22. The van der Waals surface area contributed by atoms with Crippen molar-refractivity contribution in [2.75, 3.05) is 39.8 Å². The molecule has 1 aliphatic rings. The summed E-state index contributed by atoms with van der Waals surface area (Å²) in [7, 11) is 4.72. The molecule has 1 fully saturated rings. The van der Waals surface area contributed by atoms with E-state index in [1.54, 1.807) is 44.8 Å². The maximum absolute atomic E-state index is 12.0. The molecule has 1 saturated heterocycles. The number of methoxy groups -OCH3 is 2. The van der Waals surface area contributed by atoms with E-state index in [4.69, 9.17) is 28.9 Å². The Kier molecular flexibility index (Phi) is 7.04. The predicted molar refractivity (Wildman–Crippen MR) is 138 cm³/mol. The van der Waals surface area contributed by atoms with Gasteiger partial charge in [0.05, 0.1) is 44.7 Å². The fourth-order valence-electron chi connectivity index (χ4n) is 4.20. The standard InChI is InChI=1S/C26H28N6O5/c1-27-24(33)15-4-5-20(21(11-15)35-3)30-26-31-23-22(25(32-26)37-17-6-8-36-9-7-17)19(14-29-23)16-10-18(34-2)13-28-12-16/h4-5,10-14,17H,6-9H2,1-3H3,(H,27,33)(H2,29,30,31,32). The van der Waals surface area contributed by atoms with Crippen molar-refractivity contribution in [3.05, 3.63) is 48.4 Å². The van der Waals surface area contributed by atoms with Crippen LogP contribution in [0.3, 0.4) is 0 Å². The number of carbonyl (C=O) groups excluding carboxylic acids is 1. The average molecular weight is 505 g/mol. The number of aromatic amines is 1. The Bertz CT molecular complexity index is 1420. The van der Waals surface area contributed by atoms with Crippen LogP contribution in [0.15, 0.2) is 42.9 Å². The van der Waals surface area contributed by atoms with Gasteiger partial charge in [0.1, 0.15) is 23.3 Å². The van der Waals surface area contributed by atoms with Gasteiger partial charge >= 0.3 is 0 Å². The summed E-state index contributed by atoms with van der Waals surface area (Å²) in [4.78, 5) is 29.0. The molecular weight excluding hydrogens is 476 g/mol. The molecule has 3 aromatic heterocycles. The van der Waals surface area contributed by atoms with Gasteiger partial charge in [-0.3, -0.25) is 9.78 Å². The third-order valence-corrected chi connectivity index (χ3v) is 6.14. The Morgan fingerprint density at radius 2 is 1.95 bits per heavy atom. The molecule has 0 spiro atoms. The molecule has 1 aliphatic heterocycles. The van der Waals surface area contributed by atoms with Gasteiger partial charge in [-0.05, 0) is 24.3 Å². The van der Waals surface area contributed by atoms with Crippen LogP contribution in [0.1, 0.15) is 23.2 Å². The first-order valence-electron chi connectivity index (χ1n) is 11.9. The van der Waals surface area contributed by atoms with Crippen LogP contribution in [-0.2, 0) is 4.74 Å². The second-order valence-electron chi connectivity index (χ2n) is 8.44. The minimum absolute atomic E-state index is 0.0349. The van der Waals surface area contributed by atoms with Crippen molar-refractivity contribution in [2.45, 2.75) is 18.9 Å². The number of aromatic nitrogens is 4. The summed E-state index contributed by atoms with van der Waals surface area (Å²) in [5, 5.41) is 6.56. The lowest BCUT2D eigenvalue weighted by molar-refractivity contribution is 0.0244. The minimum Gasteiger partial charge on any atom is -0.495 e. The van der Waals surface area contributed by atoms with E-state index in [0.717, 1.165) is 29.4 Å². The Labute approximate surface area is 213 Å². The summed E-state index contributed by atoms with van der Waals surface area (Å²) in [6, 6.07) is 7.00. The summed E-state index contributed by atoms with van der Waals surface area (Å²) in [6.45, 7) is 1.28. The maximum Gasteiger partial charge on any atom is 0.251 e. The number of hydrogen-bond donors (Lipinski definition) is 3. The molecule has 0 atom stereocenters. The van der Waals surface area contributed by atoms with Gasteiger partial charge in [0, 0.05) is 49.0 Å². The van der Waals surface area contributed by atoms with Crippen molar-refractivity contribution in [2.24, 2.45) is 0 Å². The Morgan fingerprint density at radius 3 is 2.70 bits per heavy atom. The summed E-state index contributed by atoms with van der Waals surface area (Å²) in [5.74, 6) is 1.68. The van der Waals surface area contributed by atoms with Gasteiger partial charge in [-0.1, -0.05) is 0 Å². The molecule has 37 heavy (non-hydrogen) atoms. The highest BCUT2D eigenvalue weighted by atomic mass is 16.5. The number of benzene rings is 1. The molecule has 0 radical (unpaired) electrons. The Morgan fingerprint density at radius 1 is 1.11 bits per heavy atom.